The Balaban J connectivity index is 0.000000292. The van der Waals surface area contributed by atoms with Gasteiger partial charge in [0.25, 0.3) is 0 Å². The zero-order chi connectivity index (χ0) is 30.3. The van der Waals surface area contributed by atoms with Crippen molar-refractivity contribution in [3.05, 3.63) is 125 Å². The number of nitriles is 2. The highest BCUT2D eigenvalue weighted by Crippen LogP contribution is 2.20. The second-order valence-electron chi connectivity index (χ2n) is 7.10. The number of benzene rings is 3. The van der Waals surface area contributed by atoms with Crippen LogP contribution in [0.4, 0.5) is 23.0 Å². The van der Waals surface area contributed by atoms with Crippen LogP contribution >= 0.6 is 0 Å². The first-order chi connectivity index (χ1) is 19.9. The number of nitrogens with zero attached hydrogens (tertiary/aromatic N) is 10. The number of nitrogen functional groups attached to an aromatic ring is 2. The molecule has 0 aliphatic rings. The van der Waals surface area contributed by atoms with Gasteiger partial charge in [0.2, 0.25) is 0 Å². The first-order valence-corrected chi connectivity index (χ1v) is 11.3. The van der Waals surface area contributed by atoms with Crippen LogP contribution in [0.25, 0.3) is 20.2 Å². The normalized spacial score (nSPS) is 10.3. The highest BCUT2D eigenvalue weighted by Gasteiger charge is 2.11. The average Bonchev–Trinajstić information content (AvgIpc) is 3.41. The van der Waals surface area contributed by atoms with Crippen LogP contribution in [0.3, 0.4) is 0 Å². The Hall–Kier alpha value is -6.79. The van der Waals surface area contributed by atoms with Gasteiger partial charge in [-0.2, -0.15) is 15.2 Å². The van der Waals surface area contributed by atoms with Crippen LogP contribution in [0.1, 0.15) is 0 Å². The molecule has 0 radical (unpaired) electrons. The molecule has 14 heteroatoms. The van der Waals surface area contributed by atoms with Gasteiger partial charge < -0.3 is 16.3 Å². The summed E-state index contributed by atoms with van der Waals surface area (Å²) in [6.45, 7) is 19.4. The topological polar surface area (TPSA) is 206 Å². The fraction of sp³-hybridized carbons (Fsp3) is 0.0741. The van der Waals surface area contributed by atoms with Gasteiger partial charge in [-0.05, 0) is 36.4 Å². The second kappa shape index (κ2) is 19.3. The first-order valence-electron chi connectivity index (χ1n) is 11.3. The number of nitrogens with two attached hydrogens (primary N) is 3. The zero-order valence-electron chi connectivity index (χ0n) is 21.5. The van der Waals surface area contributed by atoms with E-state index in [0.717, 1.165) is 17.1 Å². The Morgan fingerprint density at radius 2 is 1.39 bits per heavy atom. The molecule has 4 aromatic rings. The molecule has 14 nitrogen and oxygen atoms in total. The molecule has 0 amide bonds. The van der Waals surface area contributed by atoms with E-state index < -0.39 is 12.3 Å². The largest absolute Gasteiger partial charge is 0.420 e. The fourth-order valence-corrected chi connectivity index (χ4v) is 2.34. The van der Waals surface area contributed by atoms with Crippen molar-refractivity contribution in [1.82, 2.24) is 15.0 Å². The lowest BCUT2D eigenvalue weighted by Crippen LogP contribution is -2.10. The maximum Gasteiger partial charge on any atom is 0.420 e. The lowest BCUT2D eigenvalue weighted by atomic mass is 10.3. The van der Waals surface area contributed by atoms with Crippen LogP contribution in [0.15, 0.2) is 101 Å². The van der Waals surface area contributed by atoms with E-state index >= 15 is 0 Å². The SMILES string of the molecule is Nc1ccccc1.[C-]#[N+]C(C#N)N=NNc1ccccc1.[C-]#[N+]C(N)C#N.[C-]#[N+]c1nnn(-c2ccccc2)c1N. The Kier molecular flexibility index (Phi) is 15.2. The summed E-state index contributed by atoms with van der Waals surface area (Å²) in [6.07, 6.45) is -2.03. The van der Waals surface area contributed by atoms with Crippen LogP contribution in [-0.4, -0.2) is 27.3 Å². The second-order valence-corrected chi connectivity index (χ2v) is 7.10. The van der Waals surface area contributed by atoms with Crippen LogP contribution in [0, 0.1) is 42.4 Å². The van der Waals surface area contributed by atoms with Gasteiger partial charge in [-0.25, -0.2) is 18.9 Å². The number of para-hydroxylation sites is 3. The summed E-state index contributed by atoms with van der Waals surface area (Å²) in [5, 5.41) is 30.5. The summed E-state index contributed by atoms with van der Waals surface area (Å²) in [6, 6.07) is 31.2. The molecular weight excluding hydrogens is 520 g/mol. The van der Waals surface area contributed by atoms with Crippen molar-refractivity contribution in [2.45, 2.75) is 12.3 Å². The molecule has 4 rings (SSSR count). The predicted octanol–water partition coefficient (Wildman–Crippen LogP) is 4.62. The van der Waals surface area contributed by atoms with Crippen molar-refractivity contribution in [2.24, 2.45) is 16.1 Å². The molecule has 1 heterocycles. The number of anilines is 3. The van der Waals surface area contributed by atoms with Gasteiger partial charge in [0.1, 0.15) is 0 Å². The fourth-order valence-electron chi connectivity index (χ4n) is 2.34. The van der Waals surface area contributed by atoms with Gasteiger partial charge in [-0.3, -0.25) is 15.1 Å². The molecule has 2 atom stereocenters. The van der Waals surface area contributed by atoms with Gasteiger partial charge in [-0.15, -0.1) is 0 Å². The zero-order valence-corrected chi connectivity index (χ0v) is 21.5. The molecule has 0 saturated heterocycles. The maximum atomic E-state index is 8.38. The number of hydrogen-bond acceptors (Lipinski definition) is 9. The molecule has 7 N–H and O–H groups in total. The highest BCUT2D eigenvalue weighted by molar-refractivity contribution is 5.59. The quantitative estimate of drug-likeness (QED) is 0.123. The third-order valence-electron chi connectivity index (χ3n) is 4.22. The summed E-state index contributed by atoms with van der Waals surface area (Å²) in [4.78, 5) is 8.75. The Morgan fingerprint density at radius 1 is 0.829 bits per heavy atom. The van der Waals surface area contributed by atoms with Crippen LogP contribution in [0.2, 0.25) is 0 Å². The molecule has 3 aromatic carbocycles. The van der Waals surface area contributed by atoms with Crippen molar-refractivity contribution < 1.29 is 0 Å². The molecule has 41 heavy (non-hydrogen) atoms. The molecule has 0 saturated carbocycles. The van der Waals surface area contributed by atoms with Crippen LogP contribution in [-0.2, 0) is 0 Å². The number of rotatable bonds is 4. The molecule has 0 aliphatic carbocycles. The van der Waals surface area contributed by atoms with Crippen molar-refractivity contribution in [2.75, 3.05) is 16.9 Å². The Bertz CT molecular complexity index is 1520. The minimum atomic E-state index is -1.06. The first kappa shape index (κ1) is 32.2. The summed E-state index contributed by atoms with van der Waals surface area (Å²) in [5.41, 5.74) is 20.8. The smallest absolute Gasteiger partial charge is 0.399 e. The summed E-state index contributed by atoms with van der Waals surface area (Å²) in [7, 11) is 0. The monoisotopic (exact) mass is 544 g/mol. The van der Waals surface area contributed by atoms with E-state index in [4.69, 9.17) is 47.4 Å². The molecule has 0 aliphatic heterocycles. The van der Waals surface area contributed by atoms with Crippen molar-refractivity contribution >= 4 is 23.0 Å². The van der Waals surface area contributed by atoms with E-state index in [1.54, 1.807) is 18.2 Å². The third kappa shape index (κ3) is 12.8. The van der Waals surface area contributed by atoms with E-state index in [-0.39, 0.29) is 11.6 Å². The third-order valence-corrected chi connectivity index (χ3v) is 4.22. The van der Waals surface area contributed by atoms with E-state index in [2.05, 4.69) is 40.6 Å². The van der Waals surface area contributed by atoms with Crippen LogP contribution in [0.5, 0.6) is 0 Å². The van der Waals surface area contributed by atoms with Gasteiger partial charge in [-0.1, -0.05) is 71.5 Å². The minimum absolute atomic E-state index is 0.133. The van der Waals surface area contributed by atoms with Gasteiger partial charge >= 0.3 is 18.1 Å². The minimum Gasteiger partial charge on any atom is -0.399 e. The summed E-state index contributed by atoms with van der Waals surface area (Å²) < 4.78 is 1.44. The molecule has 0 fully saturated rings. The van der Waals surface area contributed by atoms with Gasteiger partial charge in [0.15, 0.2) is 18.0 Å². The molecule has 0 bridgehead atoms. The highest BCUT2D eigenvalue weighted by atomic mass is 15.5. The van der Waals surface area contributed by atoms with Crippen molar-refractivity contribution in [3.8, 4) is 17.8 Å². The van der Waals surface area contributed by atoms with E-state index in [0.29, 0.717) is 0 Å². The average molecular weight is 545 g/mol. The van der Waals surface area contributed by atoms with E-state index in [1.807, 2.05) is 78.9 Å². The lowest BCUT2D eigenvalue weighted by Gasteiger charge is -1.99. The van der Waals surface area contributed by atoms with Crippen LogP contribution < -0.4 is 22.6 Å². The number of nitrogens with one attached hydrogen (secondary N) is 1. The predicted molar refractivity (Wildman–Crippen MR) is 154 cm³/mol. The number of hydrogen-bond donors (Lipinski definition) is 4. The Labute approximate surface area is 237 Å². The summed E-state index contributed by atoms with van der Waals surface area (Å²) >= 11 is 0. The maximum absolute atomic E-state index is 8.38. The van der Waals surface area contributed by atoms with Crippen molar-refractivity contribution in [3.63, 3.8) is 0 Å². The lowest BCUT2D eigenvalue weighted by molar-refractivity contribution is 0.811. The molecule has 1 aromatic heterocycles. The molecule has 0 spiro atoms. The van der Waals surface area contributed by atoms with Gasteiger partial charge in [0.05, 0.1) is 11.4 Å². The van der Waals surface area contributed by atoms with Gasteiger partial charge in [0, 0.05) is 16.0 Å². The molecule has 202 valence electrons. The van der Waals surface area contributed by atoms with Crippen molar-refractivity contribution in [1.29, 1.82) is 10.5 Å². The summed E-state index contributed by atoms with van der Waals surface area (Å²) in [5.74, 6) is 0.403. The number of aromatic nitrogens is 3. The standard InChI is InChI=1S/2C9H7N5.C6H7N.C3H3N3/c1-11-9-8(10)14(13-12-9)7-5-3-2-4-6-7;1-11-9(7-10)13-14-12-8-5-3-2-4-6-8;7-6-4-2-1-3-5-6;1-6-3(5)2-4/h2-6H,10H2;2-6,9H,(H,12,13);1-5H,7H2;3H,5H2. The molecular formula is C27H24N14. The molecule has 2 unspecified atom stereocenters. The Morgan fingerprint density at radius 3 is 1.78 bits per heavy atom. The van der Waals surface area contributed by atoms with E-state index in [9.17, 15) is 0 Å². The van der Waals surface area contributed by atoms with E-state index in [1.165, 1.54) is 10.8 Å².